The first-order valence-corrected chi connectivity index (χ1v) is 9.14. The summed E-state index contributed by atoms with van der Waals surface area (Å²) in [5.41, 5.74) is 1.72. The lowest BCUT2D eigenvalue weighted by Crippen LogP contribution is -2.33. The zero-order chi connectivity index (χ0) is 17.6. The van der Waals surface area contributed by atoms with Crippen LogP contribution in [0.15, 0.2) is 48.5 Å². The van der Waals surface area contributed by atoms with Gasteiger partial charge in [0.25, 0.3) is 0 Å². The third-order valence-electron chi connectivity index (χ3n) is 3.37. The van der Waals surface area contributed by atoms with E-state index in [4.69, 9.17) is 0 Å². The summed E-state index contributed by atoms with van der Waals surface area (Å²) in [4.78, 5) is 11.9. The highest BCUT2D eigenvalue weighted by molar-refractivity contribution is 7.88. The Morgan fingerprint density at radius 3 is 2.58 bits per heavy atom. The summed E-state index contributed by atoms with van der Waals surface area (Å²) in [6.07, 6.45) is 0.832. The number of aryl methyl sites for hydroxylation is 1. The van der Waals surface area contributed by atoms with Gasteiger partial charge in [-0.3, -0.25) is 4.79 Å². The summed E-state index contributed by atoms with van der Waals surface area (Å²) in [5, 5.41) is 2.62. The summed E-state index contributed by atoms with van der Waals surface area (Å²) in [7, 11) is -3.81. The molecule has 0 bridgehead atoms. The van der Waals surface area contributed by atoms with Crippen molar-refractivity contribution in [1.29, 1.82) is 0 Å². The van der Waals surface area contributed by atoms with Gasteiger partial charge >= 0.3 is 0 Å². The van der Waals surface area contributed by atoms with Crippen LogP contribution in [-0.4, -0.2) is 20.9 Å². The molecule has 0 atom stereocenters. The molecule has 2 aromatic rings. The average molecular weight is 350 g/mol. The zero-order valence-corrected chi connectivity index (χ0v) is 14.1. The van der Waals surface area contributed by atoms with Crippen molar-refractivity contribution in [2.45, 2.75) is 19.1 Å². The normalized spacial score (nSPS) is 11.2. The van der Waals surface area contributed by atoms with Crippen molar-refractivity contribution in [2.75, 3.05) is 11.9 Å². The molecule has 1 amide bonds. The Morgan fingerprint density at radius 1 is 1.12 bits per heavy atom. The van der Waals surface area contributed by atoms with Gasteiger partial charge in [0.2, 0.25) is 15.9 Å². The van der Waals surface area contributed by atoms with Gasteiger partial charge in [-0.05, 0) is 30.2 Å². The predicted molar refractivity (Wildman–Crippen MR) is 91.5 cm³/mol. The lowest BCUT2D eigenvalue weighted by molar-refractivity contribution is -0.115. The molecule has 0 radical (unpaired) electrons. The summed E-state index contributed by atoms with van der Waals surface area (Å²) < 4.78 is 39.6. The Kier molecular flexibility index (Phi) is 6.05. The molecule has 128 valence electrons. The number of sulfonamides is 1. The number of anilines is 1. The fourth-order valence-corrected chi connectivity index (χ4v) is 3.22. The van der Waals surface area contributed by atoms with Crippen molar-refractivity contribution in [2.24, 2.45) is 0 Å². The van der Waals surface area contributed by atoms with Crippen LogP contribution in [0.1, 0.15) is 18.1 Å². The SMILES string of the molecule is CCc1cccc(NC(=O)CNS(=O)(=O)Cc2ccccc2F)c1. The van der Waals surface area contributed by atoms with Crippen molar-refractivity contribution in [3.63, 3.8) is 0 Å². The molecule has 0 fully saturated rings. The molecule has 0 heterocycles. The molecule has 24 heavy (non-hydrogen) atoms. The molecule has 0 aliphatic heterocycles. The van der Waals surface area contributed by atoms with Gasteiger partial charge in [0.05, 0.1) is 12.3 Å². The minimum atomic E-state index is -3.81. The van der Waals surface area contributed by atoms with E-state index in [-0.39, 0.29) is 5.56 Å². The van der Waals surface area contributed by atoms with Crippen LogP contribution in [0.4, 0.5) is 10.1 Å². The maximum Gasteiger partial charge on any atom is 0.239 e. The summed E-state index contributed by atoms with van der Waals surface area (Å²) in [6.45, 7) is 1.59. The first-order chi connectivity index (χ1) is 11.4. The fraction of sp³-hybridized carbons (Fsp3) is 0.235. The molecule has 0 unspecified atom stereocenters. The summed E-state index contributed by atoms with van der Waals surface area (Å²) >= 11 is 0. The average Bonchev–Trinajstić information content (AvgIpc) is 2.55. The molecule has 0 saturated carbocycles. The van der Waals surface area contributed by atoms with Gasteiger partial charge in [0.15, 0.2) is 0 Å². The Labute approximate surface area is 141 Å². The number of rotatable bonds is 7. The van der Waals surface area contributed by atoms with Gasteiger partial charge in [-0.1, -0.05) is 37.3 Å². The molecule has 2 rings (SSSR count). The molecular weight excluding hydrogens is 331 g/mol. The maximum absolute atomic E-state index is 13.5. The molecule has 0 saturated heterocycles. The highest BCUT2D eigenvalue weighted by Gasteiger charge is 2.15. The molecule has 0 aliphatic carbocycles. The summed E-state index contributed by atoms with van der Waals surface area (Å²) in [5.74, 6) is -1.60. The van der Waals surface area contributed by atoms with E-state index in [0.717, 1.165) is 12.0 Å². The number of halogens is 1. The second-order valence-electron chi connectivity index (χ2n) is 5.27. The van der Waals surface area contributed by atoms with Crippen LogP contribution in [0.25, 0.3) is 0 Å². The van der Waals surface area contributed by atoms with Crippen LogP contribution in [0.5, 0.6) is 0 Å². The van der Waals surface area contributed by atoms with Crippen LogP contribution in [-0.2, 0) is 27.0 Å². The van der Waals surface area contributed by atoms with E-state index >= 15 is 0 Å². The first kappa shape index (κ1) is 18.1. The van der Waals surface area contributed by atoms with E-state index in [1.165, 1.54) is 18.2 Å². The minimum absolute atomic E-state index is 0.0565. The first-order valence-electron chi connectivity index (χ1n) is 7.49. The Balaban J connectivity index is 1.91. The van der Waals surface area contributed by atoms with Crippen molar-refractivity contribution in [3.8, 4) is 0 Å². The molecule has 0 aliphatic rings. The Morgan fingerprint density at radius 2 is 1.88 bits per heavy atom. The van der Waals surface area contributed by atoms with Gasteiger partial charge in [-0.2, -0.15) is 0 Å². The van der Waals surface area contributed by atoms with Crippen LogP contribution in [0.2, 0.25) is 0 Å². The molecule has 2 aromatic carbocycles. The predicted octanol–water partition coefficient (Wildman–Crippen LogP) is 2.45. The van der Waals surface area contributed by atoms with Crippen LogP contribution in [0, 0.1) is 5.82 Å². The number of nitrogens with one attached hydrogen (secondary N) is 2. The largest absolute Gasteiger partial charge is 0.325 e. The fourth-order valence-electron chi connectivity index (χ4n) is 2.12. The van der Waals surface area contributed by atoms with Crippen molar-refractivity contribution < 1.29 is 17.6 Å². The van der Waals surface area contributed by atoms with Crippen molar-refractivity contribution in [3.05, 3.63) is 65.5 Å². The number of carbonyl (C=O) groups is 1. The number of benzene rings is 2. The topological polar surface area (TPSA) is 75.3 Å². The molecular formula is C17H19FN2O3S. The lowest BCUT2D eigenvalue weighted by Gasteiger charge is -2.09. The van der Waals surface area contributed by atoms with Crippen LogP contribution >= 0.6 is 0 Å². The smallest absolute Gasteiger partial charge is 0.239 e. The van der Waals surface area contributed by atoms with Gasteiger partial charge < -0.3 is 5.32 Å². The lowest BCUT2D eigenvalue weighted by atomic mass is 10.1. The van der Waals surface area contributed by atoms with Crippen LogP contribution in [0.3, 0.4) is 0 Å². The second kappa shape index (κ2) is 8.03. The minimum Gasteiger partial charge on any atom is -0.325 e. The number of hydrogen-bond donors (Lipinski definition) is 2. The highest BCUT2D eigenvalue weighted by atomic mass is 32.2. The van der Waals surface area contributed by atoms with E-state index in [1.54, 1.807) is 12.1 Å². The second-order valence-corrected chi connectivity index (χ2v) is 7.08. The number of carbonyl (C=O) groups excluding carboxylic acids is 1. The number of hydrogen-bond acceptors (Lipinski definition) is 3. The van der Waals surface area contributed by atoms with Gasteiger partial charge in [-0.15, -0.1) is 0 Å². The maximum atomic E-state index is 13.5. The molecule has 5 nitrogen and oxygen atoms in total. The molecule has 0 aromatic heterocycles. The van der Waals surface area contributed by atoms with E-state index in [2.05, 4.69) is 10.0 Å². The standard InChI is InChI=1S/C17H19FN2O3S/c1-2-13-6-5-8-15(10-13)20-17(21)11-19-24(22,23)12-14-7-3-4-9-16(14)18/h3-10,19H,2,11-12H2,1H3,(H,20,21). The van der Waals surface area contributed by atoms with Crippen molar-refractivity contribution in [1.82, 2.24) is 4.72 Å². The Bertz CT molecular complexity index is 822. The third kappa shape index (κ3) is 5.43. The monoisotopic (exact) mass is 350 g/mol. The van der Waals surface area contributed by atoms with E-state index in [1.807, 2.05) is 25.1 Å². The van der Waals surface area contributed by atoms with Crippen molar-refractivity contribution >= 4 is 21.6 Å². The third-order valence-corrected chi connectivity index (χ3v) is 4.65. The van der Waals surface area contributed by atoms with E-state index in [0.29, 0.717) is 5.69 Å². The number of amides is 1. The molecule has 0 spiro atoms. The molecule has 7 heteroatoms. The van der Waals surface area contributed by atoms with E-state index < -0.39 is 34.0 Å². The molecule has 2 N–H and O–H groups in total. The summed E-state index contributed by atoms with van der Waals surface area (Å²) in [6, 6.07) is 12.9. The van der Waals surface area contributed by atoms with Crippen LogP contribution < -0.4 is 10.0 Å². The Hall–Kier alpha value is -2.25. The zero-order valence-electron chi connectivity index (χ0n) is 13.3. The van der Waals surface area contributed by atoms with E-state index in [9.17, 15) is 17.6 Å². The quantitative estimate of drug-likeness (QED) is 0.805. The highest BCUT2D eigenvalue weighted by Crippen LogP contribution is 2.11. The van der Waals surface area contributed by atoms with Gasteiger partial charge in [0, 0.05) is 11.3 Å². The van der Waals surface area contributed by atoms with Gasteiger partial charge in [0.1, 0.15) is 5.82 Å². The van der Waals surface area contributed by atoms with Gasteiger partial charge in [-0.25, -0.2) is 17.5 Å².